The standard InChI is InChI=1S/C12H12N4O5S2/c1-13-12(19)15-7-2-4-8(5-3-7)23(20,21)16-10-9(11(17)18)14-6-22-10/h2-6,16H,1H3,(H,17,18)(H2,13,15,19). The number of thiazole rings is 1. The second-order valence-electron chi connectivity index (χ2n) is 4.17. The maximum atomic E-state index is 12.2. The van der Waals surface area contributed by atoms with E-state index in [4.69, 9.17) is 5.11 Å². The van der Waals surface area contributed by atoms with E-state index < -0.39 is 22.0 Å². The van der Waals surface area contributed by atoms with Gasteiger partial charge >= 0.3 is 12.0 Å². The van der Waals surface area contributed by atoms with Crippen molar-refractivity contribution in [2.75, 3.05) is 17.1 Å². The predicted octanol–water partition coefficient (Wildman–Crippen LogP) is 1.39. The molecule has 0 atom stereocenters. The number of carbonyl (C=O) groups excluding carboxylic acids is 1. The minimum absolute atomic E-state index is 0.0786. The molecule has 0 bridgehead atoms. The van der Waals surface area contributed by atoms with Crippen molar-refractivity contribution in [3.8, 4) is 0 Å². The van der Waals surface area contributed by atoms with Crippen LogP contribution < -0.4 is 15.4 Å². The van der Waals surface area contributed by atoms with Crippen molar-refractivity contribution < 1.29 is 23.1 Å². The highest BCUT2D eigenvalue weighted by Crippen LogP contribution is 2.24. The van der Waals surface area contributed by atoms with E-state index in [-0.39, 0.29) is 15.6 Å². The van der Waals surface area contributed by atoms with Crippen LogP contribution in [0, 0.1) is 0 Å². The topological polar surface area (TPSA) is 137 Å². The van der Waals surface area contributed by atoms with E-state index in [9.17, 15) is 18.0 Å². The summed E-state index contributed by atoms with van der Waals surface area (Å²) in [6, 6.07) is 4.96. The van der Waals surface area contributed by atoms with Crippen LogP contribution in [0.2, 0.25) is 0 Å². The van der Waals surface area contributed by atoms with Crippen molar-refractivity contribution >= 4 is 44.0 Å². The molecule has 9 nitrogen and oxygen atoms in total. The molecule has 2 rings (SSSR count). The fourth-order valence-electron chi connectivity index (χ4n) is 1.56. The molecule has 1 heterocycles. The van der Waals surface area contributed by atoms with Gasteiger partial charge in [0.05, 0.1) is 10.4 Å². The SMILES string of the molecule is CNC(=O)Nc1ccc(S(=O)(=O)Nc2scnc2C(=O)O)cc1. The molecule has 122 valence electrons. The Labute approximate surface area is 135 Å². The van der Waals surface area contributed by atoms with Gasteiger partial charge in [0.25, 0.3) is 10.0 Å². The lowest BCUT2D eigenvalue weighted by atomic mass is 10.3. The van der Waals surface area contributed by atoms with Crippen LogP contribution >= 0.6 is 11.3 Å². The van der Waals surface area contributed by atoms with Gasteiger partial charge in [-0.15, -0.1) is 11.3 Å². The quantitative estimate of drug-likeness (QED) is 0.639. The Kier molecular flexibility index (Phi) is 4.81. The number of aromatic nitrogens is 1. The Balaban J connectivity index is 2.21. The number of anilines is 2. The highest BCUT2D eigenvalue weighted by Gasteiger charge is 2.20. The second kappa shape index (κ2) is 6.62. The Morgan fingerprint density at radius 1 is 1.22 bits per heavy atom. The number of nitrogens with one attached hydrogen (secondary N) is 3. The summed E-state index contributed by atoms with van der Waals surface area (Å²) in [4.78, 5) is 25.6. The van der Waals surface area contributed by atoms with Crippen LogP contribution in [0.1, 0.15) is 10.5 Å². The second-order valence-corrected chi connectivity index (χ2v) is 6.71. The summed E-state index contributed by atoms with van der Waals surface area (Å²) in [7, 11) is -2.51. The molecule has 4 N–H and O–H groups in total. The summed E-state index contributed by atoms with van der Waals surface area (Å²) in [5.41, 5.74) is 1.28. The van der Waals surface area contributed by atoms with Gasteiger partial charge in [0.15, 0.2) is 5.69 Å². The lowest BCUT2D eigenvalue weighted by Crippen LogP contribution is -2.24. The lowest BCUT2D eigenvalue weighted by Gasteiger charge is -2.08. The fourth-order valence-corrected chi connectivity index (χ4v) is 3.55. The van der Waals surface area contributed by atoms with Crippen LogP contribution in [0.15, 0.2) is 34.7 Å². The zero-order chi connectivity index (χ0) is 17.0. The van der Waals surface area contributed by atoms with Crippen molar-refractivity contribution in [1.29, 1.82) is 0 Å². The number of hydrogen-bond acceptors (Lipinski definition) is 6. The third-order valence-electron chi connectivity index (χ3n) is 2.65. The molecular weight excluding hydrogens is 344 g/mol. The Bertz CT molecular complexity index is 829. The summed E-state index contributed by atoms with van der Waals surface area (Å²) < 4.78 is 26.7. The average Bonchev–Trinajstić information content (AvgIpc) is 2.95. The molecule has 0 radical (unpaired) electrons. The zero-order valence-electron chi connectivity index (χ0n) is 11.7. The third kappa shape index (κ3) is 3.96. The Morgan fingerprint density at radius 3 is 2.43 bits per heavy atom. The molecule has 0 saturated carbocycles. The first-order valence-electron chi connectivity index (χ1n) is 6.12. The summed E-state index contributed by atoms with van der Waals surface area (Å²) >= 11 is 0.866. The minimum atomic E-state index is -3.96. The van der Waals surface area contributed by atoms with Crippen LogP contribution in [0.3, 0.4) is 0 Å². The number of nitrogens with zero attached hydrogens (tertiary/aromatic N) is 1. The van der Waals surface area contributed by atoms with Gasteiger partial charge in [0.2, 0.25) is 0 Å². The highest BCUT2D eigenvalue weighted by molar-refractivity contribution is 7.93. The smallest absolute Gasteiger partial charge is 0.357 e. The lowest BCUT2D eigenvalue weighted by molar-refractivity contribution is 0.0692. The molecule has 2 aromatic rings. The van der Waals surface area contributed by atoms with Crippen molar-refractivity contribution in [3.63, 3.8) is 0 Å². The molecule has 1 aromatic heterocycles. The molecule has 11 heteroatoms. The largest absolute Gasteiger partial charge is 0.476 e. The molecular formula is C12H12N4O5S2. The molecule has 1 aromatic carbocycles. The first-order chi connectivity index (χ1) is 10.8. The summed E-state index contributed by atoms with van der Waals surface area (Å²) in [6.45, 7) is 0. The van der Waals surface area contributed by atoms with Gasteiger partial charge < -0.3 is 15.7 Å². The van der Waals surface area contributed by atoms with Crippen LogP contribution in [-0.4, -0.2) is 37.6 Å². The number of hydrogen-bond donors (Lipinski definition) is 4. The number of sulfonamides is 1. The maximum Gasteiger partial charge on any atom is 0.357 e. The van der Waals surface area contributed by atoms with Crippen LogP contribution in [0.5, 0.6) is 0 Å². The van der Waals surface area contributed by atoms with Crippen molar-refractivity contribution in [2.24, 2.45) is 0 Å². The molecule has 0 spiro atoms. The molecule has 0 unspecified atom stereocenters. The summed E-state index contributed by atoms with van der Waals surface area (Å²) in [5.74, 6) is -1.32. The maximum absolute atomic E-state index is 12.2. The van der Waals surface area contributed by atoms with Crippen LogP contribution in [0.4, 0.5) is 15.5 Å². The minimum Gasteiger partial charge on any atom is -0.476 e. The molecule has 0 fully saturated rings. The van der Waals surface area contributed by atoms with Gasteiger partial charge in [0.1, 0.15) is 5.00 Å². The van der Waals surface area contributed by atoms with E-state index in [1.54, 1.807) is 0 Å². The first-order valence-corrected chi connectivity index (χ1v) is 8.48. The van der Waals surface area contributed by atoms with Gasteiger partial charge in [-0.3, -0.25) is 4.72 Å². The normalized spacial score (nSPS) is 10.8. The van der Waals surface area contributed by atoms with Crippen molar-refractivity contribution in [1.82, 2.24) is 10.3 Å². The van der Waals surface area contributed by atoms with E-state index in [2.05, 4.69) is 20.3 Å². The molecule has 2 amide bonds. The van der Waals surface area contributed by atoms with Gasteiger partial charge in [-0.25, -0.2) is 23.0 Å². The predicted molar refractivity (Wildman–Crippen MR) is 84.4 cm³/mol. The number of aromatic carboxylic acids is 1. The monoisotopic (exact) mass is 356 g/mol. The average molecular weight is 356 g/mol. The van der Waals surface area contributed by atoms with E-state index in [0.29, 0.717) is 5.69 Å². The van der Waals surface area contributed by atoms with Crippen LogP contribution in [0.25, 0.3) is 0 Å². The van der Waals surface area contributed by atoms with Gasteiger partial charge in [0, 0.05) is 12.7 Å². The third-order valence-corrected chi connectivity index (χ3v) is 4.88. The van der Waals surface area contributed by atoms with Gasteiger partial charge in [-0.1, -0.05) is 0 Å². The van der Waals surface area contributed by atoms with Crippen molar-refractivity contribution in [2.45, 2.75) is 4.90 Å². The number of rotatable bonds is 5. The summed E-state index contributed by atoms with van der Waals surface area (Å²) in [5, 5.41) is 13.7. The number of carbonyl (C=O) groups is 2. The fraction of sp³-hybridized carbons (Fsp3) is 0.0833. The van der Waals surface area contributed by atoms with Gasteiger partial charge in [-0.2, -0.15) is 0 Å². The van der Waals surface area contributed by atoms with Gasteiger partial charge in [-0.05, 0) is 24.3 Å². The van der Waals surface area contributed by atoms with E-state index in [1.807, 2.05) is 0 Å². The van der Waals surface area contributed by atoms with E-state index in [1.165, 1.54) is 36.8 Å². The number of amides is 2. The number of carboxylic acid groups (broad SMARTS) is 1. The first kappa shape index (κ1) is 16.7. The molecule has 23 heavy (non-hydrogen) atoms. The summed E-state index contributed by atoms with van der Waals surface area (Å²) in [6.07, 6.45) is 0. The van der Waals surface area contributed by atoms with Crippen LogP contribution in [-0.2, 0) is 10.0 Å². The number of benzene rings is 1. The zero-order valence-corrected chi connectivity index (χ0v) is 13.4. The Hall–Kier alpha value is -2.66. The molecule has 0 aliphatic carbocycles. The van der Waals surface area contributed by atoms with E-state index in [0.717, 1.165) is 11.3 Å². The van der Waals surface area contributed by atoms with E-state index >= 15 is 0 Å². The molecule has 0 aliphatic rings. The van der Waals surface area contributed by atoms with Crippen molar-refractivity contribution in [3.05, 3.63) is 35.5 Å². The highest BCUT2D eigenvalue weighted by atomic mass is 32.2. The number of urea groups is 1. The molecule has 0 aliphatic heterocycles. The molecule has 0 saturated heterocycles. The number of carboxylic acids is 1. The Morgan fingerprint density at radius 2 is 1.87 bits per heavy atom.